The van der Waals surface area contributed by atoms with E-state index in [2.05, 4.69) is 32.6 Å². The van der Waals surface area contributed by atoms with E-state index in [0.717, 1.165) is 4.48 Å². The van der Waals surface area contributed by atoms with Crippen LogP contribution in [0.2, 0.25) is 0 Å². The van der Waals surface area contributed by atoms with Crippen molar-refractivity contribution >= 4 is 27.7 Å². The van der Waals surface area contributed by atoms with Crippen molar-refractivity contribution < 1.29 is 0 Å². The molecule has 1 rings (SSSR count). The van der Waals surface area contributed by atoms with Crippen LogP contribution >= 0.6 is 27.7 Å². The number of thioether (sulfide) groups is 1. The first-order valence-corrected chi connectivity index (χ1v) is 4.96. The molecule has 4 nitrogen and oxygen atoms in total. The Bertz CT molecular complexity index is 343. The molecular formula is C6H8BrN3OS. The first-order chi connectivity index (χ1) is 5.59. The van der Waals surface area contributed by atoms with E-state index in [0.29, 0.717) is 10.9 Å². The van der Waals surface area contributed by atoms with Gasteiger partial charge in [-0.15, -0.1) is 0 Å². The number of nitrogens with zero attached hydrogens (tertiary/aromatic N) is 2. The third-order valence-corrected chi connectivity index (χ3v) is 2.87. The molecule has 0 saturated heterocycles. The van der Waals surface area contributed by atoms with Crippen molar-refractivity contribution in [1.82, 2.24) is 14.8 Å². The lowest BCUT2D eigenvalue weighted by atomic mass is 10.8. The van der Waals surface area contributed by atoms with E-state index in [1.165, 1.54) is 11.8 Å². The number of rotatable bonds is 3. The van der Waals surface area contributed by atoms with Crippen molar-refractivity contribution in [3.63, 3.8) is 0 Å². The van der Waals surface area contributed by atoms with Crippen molar-refractivity contribution in [2.75, 3.05) is 5.75 Å². The summed E-state index contributed by atoms with van der Waals surface area (Å²) in [5.74, 6) is 0.706. The Morgan fingerprint density at radius 1 is 1.92 bits per heavy atom. The van der Waals surface area contributed by atoms with Crippen LogP contribution in [0.25, 0.3) is 0 Å². The third kappa shape index (κ3) is 2.53. The van der Waals surface area contributed by atoms with Crippen LogP contribution in [0.1, 0.15) is 0 Å². The van der Waals surface area contributed by atoms with Gasteiger partial charge < -0.3 is 0 Å². The molecule has 0 bridgehead atoms. The van der Waals surface area contributed by atoms with Gasteiger partial charge in [0.1, 0.15) is 0 Å². The zero-order valence-corrected chi connectivity index (χ0v) is 8.91. The molecule has 1 heterocycles. The molecule has 12 heavy (non-hydrogen) atoms. The second kappa shape index (κ2) is 3.95. The molecule has 66 valence electrons. The molecule has 0 atom stereocenters. The number of aromatic amines is 1. The van der Waals surface area contributed by atoms with Gasteiger partial charge >= 0.3 is 5.69 Å². The van der Waals surface area contributed by atoms with E-state index in [1.54, 1.807) is 11.7 Å². The molecule has 0 aliphatic heterocycles. The number of hydrogen-bond donors (Lipinski definition) is 1. The topological polar surface area (TPSA) is 50.7 Å². The standard InChI is InChI=1S/C6H8BrN3OS/c1-4(7)3-12-6-8-5(11)9-10(6)2/h1,3H2,2H3,(H,9,11). The molecular weight excluding hydrogens is 242 g/mol. The van der Waals surface area contributed by atoms with Gasteiger partial charge in [-0.3, -0.25) is 4.68 Å². The highest BCUT2D eigenvalue weighted by molar-refractivity contribution is 9.11. The van der Waals surface area contributed by atoms with Gasteiger partial charge in [0.15, 0.2) is 5.16 Å². The largest absolute Gasteiger partial charge is 0.362 e. The molecule has 0 fully saturated rings. The molecule has 0 unspecified atom stereocenters. The first-order valence-electron chi connectivity index (χ1n) is 3.18. The summed E-state index contributed by atoms with van der Waals surface area (Å²) in [6.45, 7) is 3.68. The SMILES string of the molecule is C=C(Br)CSc1nc(=O)[nH]n1C. The van der Waals surface area contributed by atoms with Crippen LogP contribution < -0.4 is 5.69 Å². The van der Waals surface area contributed by atoms with Crippen LogP contribution in [0.5, 0.6) is 0 Å². The average molecular weight is 250 g/mol. The predicted octanol–water partition coefficient (Wildman–Crippen LogP) is 1.11. The van der Waals surface area contributed by atoms with Crippen LogP contribution in [-0.2, 0) is 7.05 Å². The van der Waals surface area contributed by atoms with E-state index in [1.807, 2.05) is 0 Å². The smallest absolute Gasteiger partial charge is 0.264 e. The van der Waals surface area contributed by atoms with Crippen molar-refractivity contribution in [2.45, 2.75) is 5.16 Å². The highest BCUT2D eigenvalue weighted by Gasteiger charge is 2.02. The van der Waals surface area contributed by atoms with Gasteiger partial charge in [-0.2, -0.15) is 4.98 Å². The van der Waals surface area contributed by atoms with Gasteiger partial charge in [0.05, 0.1) is 0 Å². The lowest BCUT2D eigenvalue weighted by Crippen LogP contribution is -2.03. The van der Waals surface area contributed by atoms with E-state index in [9.17, 15) is 4.79 Å². The number of aromatic nitrogens is 3. The molecule has 0 radical (unpaired) electrons. The summed E-state index contributed by atoms with van der Waals surface area (Å²) in [4.78, 5) is 14.5. The molecule has 0 aromatic carbocycles. The maximum Gasteiger partial charge on any atom is 0.362 e. The fourth-order valence-electron chi connectivity index (χ4n) is 0.650. The number of aryl methyl sites for hydroxylation is 1. The van der Waals surface area contributed by atoms with Crippen LogP contribution in [0.15, 0.2) is 21.0 Å². The van der Waals surface area contributed by atoms with E-state index < -0.39 is 0 Å². The van der Waals surface area contributed by atoms with E-state index in [4.69, 9.17) is 0 Å². The Hall–Kier alpha value is -0.490. The summed E-state index contributed by atoms with van der Waals surface area (Å²) in [6, 6.07) is 0. The van der Waals surface area contributed by atoms with Crippen molar-refractivity contribution in [1.29, 1.82) is 0 Å². The number of halogens is 1. The highest BCUT2D eigenvalue weighted by Crippen LogP contribution is 2.17. The van der Waals surface area contributed by atoms with Crippen LogP contribution in [0, 0.1) is 0 Å². The van der Waals surface area contributed by atoms with Gasteiger partial charge in [-0.05, 0) is 4.48 Å². The lowest BCUT2D eigenvalue weighted by Gasteiger charge is -1.97. The molecule has 0 spiro atoms. The highest BCUT2D eigenvalue weighted by atomic mass is 79.9. The molecule has 6 heteroatoms. The molecule has 1 N–H and O–H groups in total. The normalized spacial score (nSPS) is 10.2. The Labute approximate surface area is 82.2 Å². The minimum absolute atomic E-state index is 0.319. The van der Waals surface area contributed by atoms with Crippen molar-refractivity contribution in [2.24, 2.45) is 7.05 Å². The summed E-state index contributed by atoms with van der Waals surface area (Å²) in [6.07, 6.45) is 0. The number of hydrogen-bond acceptors (Lipinski definition) is 3. The quantitative estimate of drug-likeness (QED) is 0.817. The minimum atomic E-state index is -0.319. The summed E-state index contributed by atoms with van der Waals surface area (Å²) in [5, 5.41) is 3.18. The Kier molecular flexibility index (Phi) is 3.16. The van der Waals surface area contributed by atoms with Gasteiger partial charge in [-0.1, -0.05) is 34.3 Å². The summed E-state index contributed by atoms with van der Waals surface area (Å²) in [5.41, 5.74) is -0.319. The summed E-state index contributed by atoms with van der Waals surface area (Å²) in [7, 11) is 1.74. The summed E-state index contributed by atoms with van der Waals surface area (Å²) >= 11 is 4.67. The monoisotopic (exact) mass is 249 g/mol. The van der Waals surface area contributed by atoms with Crippen molar-refractivity contribution in [3.05, 3.63) is 21.5 Å². The molecule has 1 aromatic heterocycles. The van der Waals surface area contributed by atoms with Gasteiger partial charge in [0.25, 0.3) is 0 Å². The second-order valence-electron chi connectivity index (χ2n) is 2.18. The van der Waals surface area contributed by atoms with Gasteiger partial charge in [0, 0.05) is 12.8 Å². The maximum absolute atomic E-state index is 10.7. The second-order valence-corrected chi connectivity index (χ2v) is 4.24. The minimum Gasteiger partial charge on any atom is -0.264 e. The van der Waals surface area contributed by atoms with Crippen LogP contribution in [0.3, 0.4) is 0 Å². The maximum atomic E-state index is 10.7. The first kappa shape index (κ1) is 9.60. The zero-order valence-electron chi connectivity index (χ0n) is 6.50. The van der Waals surface area contributed by atoms with Crippen molar-refractivity contribution in [3.8, 4) is 0 Å². The van der Waals surface area contributed by atoms with Gasteiger partial charge in [-0.25, -0.2) is 9.89 Å². The Balaban J connectivity index is 2.69. The third-order valence-electron chi connectivity index (χ3n) is 1.11. The van der Waals surface area contributed by atoms with E-state index in [-0.39, 0.29) is 5.69 Å². The molecule has 1 aromatic rings. The zero-order chi connectivity index (χ0) is 9.14. The fraction of sp³-hybridized carbons (Fsp3) is 0.333. The number of nitrogens with one attached hydrogen (secondary N) is 1. The van der Waals surface area contributed by atoms with E-state index >= 15 is 0 Å². The lowest BCUT2D eigenvalue weighted by molar-refractivity contribution is 0.682. The van der Waals surface area contributed by atoms with Crippen LogP contribution in [0.4, 0.5) is 0 Å². The Morgan fingerprint density at radius 3 is 3.00 bits per heavy atom. The predicted molar refractivity (Wildman–Crippen MR) is 52.6 cm³/mol. The fourth-order valence-corrected chi connectivity index (χ4v) is 1.67. The van der Waals surface area contributed by atoms with Crippen LogP contribution in [-0.4, -0.2) is 20.5 Å². The average Bonchev–Trinajstić information content (AvgIpc) is 2.26. The molecule has 0 saturated carbocycles. The molecule has 0 aliphatic carbocycles. The van der Waals surface area contributed by atoms with Gasteiger partial charge in [0.2, 0.25) is 0 Å². The number of H-pyrrole nitrogens is 1. The molecule has 0 aliphatic rings. The molecule has 0 amide bonds. The summed E-state index contributed by atoms with van der Waals surface area (Å²) < 4.78 is 2.46. The Morgan fingerprint density at radius 2 is 2.58 bits per heavy atom.